The second-order valence-corrected chi connectivity index (χ2v) is 12.1. The summed E-state index contributed by atoms with van der Waals surface area (Å²) < 4.78 is 29.9. The van der Waals surface area contributed by atoms with E-state index in [0.29, 0.717) is 19.0 Å². The minimum Gasteiger partial charge on any atom is -0.476 e. The molecule has 1 aliphatic rings. The van der Waals surface area contributed by atoms with Gasteiger partial charge >= 0.3 is 19.8 Å². The van der Waals surface area contributed by atoms with Gasteiger partial charge in [0.05, 0.1) is 19.3 Å². The molecule has 7 nitrogen and oxygen atoms in total. The van der Waals surface area contributed by atoms with Crippen molar-refractivity contribution in [2.45, 2.75) is 140 Å². The first kappa shape index (κ1) is 33.8. The lowest BCUT2D eigenvalue weighted by molar-refractivity contribution is -0.158. The summed E-state index contributed by atoms with van der Waals surface area (Å²) in [6.45, 7) is 5.38. The quantitative estimate of drug-likeness (QED) is 0.0757. The van der Waals surface area contributed by atoms with Crippen molar-refractivity contribution in [2.75, 3.05) is 25.6 Å². The van der Waals surface area contributed by atoms with Gasteiger partial charge in [-0.15, -0.1) is 11.8 Å². The van der Waals surface area contributed by atoms with Gasteiger partial charge in [-0.3, -0.25) is 0 Å². The van der Waals surface area contributed by atoms with Gasteiger partial charge in [-0.2, -0.15) is 0 Å². The maximum atomic E-state index is 11.7. The Morgan fingerprint density at radius 1 is 0.917 bits per heavy atom. The fraction of sp³-hybridized carbons (Fsp3) is 0.963. The number of aliphatic hydroxyl groups is 1. The summed E-state index contributed by atoms with van der Waals surface area (Å²) in [4.78, 5) is 11.7. The van der Waals surface area contributed by atoms with Gasteiger partial charge in [-0.25, -0.2) is 4.79 Å². The summed E-state index contributed by atoms with van der Waals surface area (Å²) in [5, 5.41) is 17.7. The van der Waals surface area contributed by atoms with Crippen LogP contribution in [0.1, 0.15) is 117 Å². The van der Waals surface area contributed by atoms with E-state index in [2.05, 4.69) is 13.8 Å². The highest BCUT2D eigenvalue weighted by Crippen LogP contribution is 2.35. The fourth-order valence-corrected chi connectivity index (χ4v) is 6.09. The van der Waals surface area contributed by atoms with Crippen LogP contribution >= 0.6 is 20.2 Å². The first-order chi connectivity index (χ1) is 17.5. The maximum Gasteiger partial charge on any atom is 0.392 e. The number of carboxylic acid groups (broad SMARTS) is 1. The molecule has 0 spiro atoms. The zero-order chi connectivity index (χ0) is 26.5. The zero-order valence-electron chi connectivity index (χ0n) is 22.7. The second-order valence-electron chi connectivity index (χ2n) is 9.98. The highest BCUT2D eigenvalue weighted by atomic mass is 32.2. The van der Waals surface area contributed by atoms with Gasteiger partial charge in [0.25, 0.3) is 0 Å². The SMILES string of the molecule is CCCCCCCCCCOC(COC1CCCCC1)COC(SCCCCC)C(O)([PH+]=O)C(=O)O. The van der Waals surface area contributed by atoms with Crippen molar-refractivity contribution in [3.63, 3.8) is 0 Å². The van der Waals surface area contributed by atoms with Crippen molar-refractivity contribution < 1.29 is 33.8 Å². The van der Waals surface area contributed by atoms with E-state index < -0.39 is 25.2 Å². The minimum atomic E-state index is -2.44. The van der Waals surface area contributed by atoms with Crippen LogP contribution < -0.4 is 0 Å². The molecule has 1 rings (SSSR count). The van der Waals surface area contributed by atoms with Crippen molar-refractivity contribution in [1.82, 2.24) is 0 Å². The molecule has 212 valence electrons. The van der Waals surface area contributed by atoms with Crippen molar-refractivity contribution >= 4 is 26.2 Å². The molecule has 4 unspecified atom stereocenters. The summed E-state index contributed by atoms with van der Waals surface area (Å²) in [5.74, 6) is -0.903. The van der Waals surface area contributed by atoms with Crippen LogP contribution in [0.2, 0.25) is 0 Å². The standard InChI is InChI=1S/C27H51O7PS/c1-3-5-7-8-9-10-11-15-19-32-24(21-33-23-17-13-12-14-18-23)22-34-26(36-20-16-6-4-2)27(30,35-31)25(28)29/h23-24,26,30H,3-22H2,1-2H3,(H,28,29)/p+1. The van der Waals surface area contributed by atoms with E-state index in [9.17, 15) is 19.6 Å². The Labute approximate surface area is 225 Å². The van der Waals surface area contributed by atoms with Crippen LogP contribution in [0.15, 0.2) is 0 Å². The molecule has 0 aromatic rings. The van der Waals surface area contributed by atoms with Crippen molar-refractivity contribution in [3.8, 4) is 0 Å². The molecule has 4 atom stereocenters. The van der Waals surface area contributed by atoms with Crippen LogP contribution in [0.4, 0.5) is 0 Å². The molecular weight excluding hydrogens is 499 g/mol. The lowest BCUT2D eigenvalue weighted by atomic mass is 9.98. The summed E-state index contributed by atoms with van der Waals surface area (Å²) in [6, 6.07) is 0. The van der Waals surface area contributed by atoms with Gasteiger partial charge < -0.3 is 24.4 Å². The maximum absolute atomic E-state index is 11.7. The molecule has 0 heterocycles. The van der Waals surface area contributed by atoms with Crippen LogP contribution in [0, 0.1) is 0 Å². The van der Waals surface area contributed by atoms with E-state index in [0.717, 1.165) is 44.9 Å². The minimum absolute atomic E-state index is 0.0925. The number of ether oxygens (including phenoxy) is 3. The topological polar surface area (TPSA) is 102 Å². The number of thioether (sulfide) groups is 1. The third kappa shape index (κ3) is 14.6. The van der Waals surface area contributed by atoms with Gasteiger partial charge in [0.2, 0.25) is 0 Å². The Morgan fingerprint density at radius 3 is 2.14 bits per heavy atom. The van der Waals surface area contributed by atoms with Gasteiger partial charge in [-0.1, -0.05) is 95.5 Å². The molecule has 0 aromatic heterocycles. The summed E-state index contributed by atoms with van der Waals surface area (Å²) in [5.41, 5.74) is -1.13. The number of unbranched alkanes of at least 4 members (excludes halogenated alkanes) is 9. The van der Waals surface area contributed by atoms with Crippen LogP contribution in [0.25, 0.3) is 0 Å². The molecular formula is C27H52O7PS+. The van der Waals surface area contributed by atoms with Crippen LogP contribution in [0.5, 0.6) is 0 Å². The first-order valence-corrected chi connectivity index (χ1v) is 16.2. The monoisotopic (exact) mass is 551 g/mol. The van der Waals surface area contributed by atoms with E-state index >= 15 is 0 Å². The number of rotatable bonds is 24. The predicted octanol–water partition coefficient (Wildman–Crippen LogP) is 6.92. The Hall–Kier alpha value is -0.240. The van der Waals surface area contributed by atoms with Crippen LogP contribution in [0.3, 0.4) is 0 Å². The van der Waals surface area contributed by atoms with E-state index in [4.69, 9.17) is 14.2 Å². The number of hydrogen-bond acceptors (Lipinski definition) is 7. The van der Waals surface area contributed by atoms with Gasteiger partial charge in [-0.05, 0) is 31.4 Å². The molecule has 0 aliphatic heterocycles. The molecule has 1 aliphatic carbocycles. The van der Waals surface area contributed by atoms with E-state index in [1.54, 1.807) is 0 Å². The van der Waals surface area contributed by atoms with Gasteiger partial charge in [0.1, 0.15) is 6.10 Å². The van der Waals surface area contributed by atoms with Crippen molar-refractivity contribution in [2.24, 2.45) is 0 Å². The normalized spacial score (nSPS) is 18.2. The average Bonchev–Trinajstić information content (AvgIpc) is 2.89. The molecule has 0 saturated heterocycles. The fourth-order valence-electron chi connectivity index (χ4n) is 4.32. The molecule has 0 radical (unpaired) electrons. The largest absolute Gasteiger partial charge is 0.476 e. The summed E-state index contributed by atoms with van der Waals surface area (Å²) >= 11 is 1.21. The second kappa shape index (κ2) is 21.7. The molecule has 1 fully saturated rings. The molecule has 0 amide bonds. The number of carboxylic acids is 1. The Morgan fingerprint density at radius 2 is 1.53 bits per heavy atom. The number of hydrogen-bond donors (Lipinski definition) is 2. The number of aliphatic carboxylic acids is 1. The summed E-state index contributed by atoms with van der Waals surface area (Å²) in [7, 11) is -1.43. The molecule has 9 heteroatoms. The summed E-state index contributed by atoms with van der Waals surface area (Å²) in [6.07, 6.45) is 18.2. The van der Waals surface area contributed by atoms with Crippen molar-refractivity contribution in [3.05, 3.63) is 0 Å². The average molecular weight is 552 g/mol. The van der Waals surface area contributed by atoms with E-state index in [-0.39, 0.29) is 18.8 Å². The predicted molar refractivity (Wildman–Crippen MR) is 148 cm³/mol. The van der Waals surface area contributed by atoms with Gasteiger partial charge in [0.15, 0.2) is 5.44 Å². The lowest BCUT2D eigenvalue weighted by Gasteiger charge is -2.27. The van der Waals surface area contributed by atoms with Gasteiger partial charge in [0, 0.05) is 6.61 Å². The van der Waals surface area contributed by atoms with E-state index in [1.165, 1.54) is 69.5 Å². The van der Waals surface area contributed by atoms with E-state index in [1.807, 2.05) is 0 Å². The molecule has 0 aromatic carbocycles. The highest BCUT2D eigenvalue weighted by molar-refractivity contribution is 8.00. The third-order valence-electron chi connectivity index (χ3n) is 6.69. The Kier molecular flexibility index (Phi) is 20.3. The van der Waals surface area contributed by atoms with Crippen LogP contribution in [-0.4, -0.2) is 64.7 Å². The van der Waals surface area contributed by atoms with Crippen molar-refractivity contribution in [1.29, 1.82) is 0 Å². The highest BCUT2D eigenvalue weighted by Gasteiger charge is 2.55. The first-order valence-electron chi connectivity index (χ1n) is 14.3. The molecule has 0 bridgehead atoms. The molecule has 1 saturated carbocycles. The molecule has 36 heavy (non-hydrogen) atoms. The lowest BCUT2D eigenvalue weighted by Crippen LogP contribution is -2.46. The number of carbonyl (C=O) groups is 1. The van der Waals surface area contributed by atoms with Crippen LogP contribution in [-0.2, 0) is 23.6 Å². The third-order valence-corrected chi connectivity index (χ3v) is 9.00. The smallest absolute Gasteiger partial charge is 0.392 e. The molecule has 2 N–H and O–H groups in total. The zero-order valence-corrected chi connectivity index (χ0v) is 24.5. The Bertz CT molecular complexity index is 562. The Balaban J connectivity index is 2.60.